The Morgan fingerprint density at radius 2 is 1.88 bits per heavy atom. The molecule has 0 aromatic rings. The topological polar surface area (TPSA) is 41.5 Å². The molecule has 0 amide bonds. The second kappa shape index (κ2) is 5.48. The minimum absolute atomic E-state index is 0.308. The van der Waals surface area contributed by atoms with E-state index in [0.29, 0.717) is 30.9 Å². The predicted octanol–water partition coefficient (Wildman–Crippen LogP) is 1.69. The Bertz CT molecular complexity index is 208. The van der Waals surface area contributed by atoms with E-state index in [1.165, 1.54) is 12.8 Å². The number of aliphatic hydroxyl groups is 1. The first-order valence-corrected chi connectivity index (χ1v) is 6.71. The van der Waals surface area contributed by atoms with Crippen LogP contribution in [-0.2, 0) is 4.74 Å². The van der Waals surface area contributed by atoms with E-state index in [0.717, 1.165) is 25.2 Å². The molecule has 1 aliphatic carbocycles. The van der Waals surface area contributed by atoms with Crippen LogP contribution in [0.1, 0.15) is 46.0 Å². The molecule has 1 aliphatic heterocycles. The van der Waals surface area contributed by atoms with Gasteiger partial charge in [0.05, 0.1) is 12.2 Å². The third-order valence-corrected chi connectivity index (χ3v) is 3.78. The Labute approximate surface area is 98.6 Å². The SMILES string of the molecule is CC1CC(NC(CCO)C2CC2)CC(C)O1. The second-order valence-corrected chi connectivity index (χ2v) is 5.55. The van der Waals surface area contributed by atoms with E-state index in [9.17, 15) is 0 Å². The molecule has 3 heteroatoms. The zero-order valence-electron chi connectivity index (χ0n) is 10.5. The van der Waals surface area contributed by atoms with Crippen molar-refractivity contribution in [1.29, 1.82) is 0 Å². The molecule has 3 nitrogen and oxygen atoms in total. The molecule has 3 unspecified atom stereocenters. The van der Waals surface area contributed by atoms with Crippen molar-refractivity contribution >= 4 is 0 Å². The predicted molar refractivity (Wildman–Crippen MR) is 64.4 cm³/mol. The average molecular weight is 227 g/mol. The maximum absolute atomic E-state index is 9.08. The van der Waals surface area contributed by atoms with E-state index in [4.69, 9.17) is 9.84 Å². The van der Waals surface area contributed by atoms with Gasteiger partial charge in [0, 0.05) is 18.7 Å². The molecule has 1 saturated heterocycles. The molecule has 2 fully saturated rings. The van der Waals surface area contributed by atoms with Crippen molar-refractivity contribution in [3.63, 3.8) is 0 Å². The first kappa shape index (κ1) is 12.3. The highest BCUT2D eigenvalue weighted by molar-refractivity contribution is 4.90. The van der Waals surface area contributed by atoms with Crippen LogP contribution in [0, 0.1) is 5.92 Å². The summed E-state index contributed by atoms with van der Waals surface area (Å²) >= 11 is 0. The van der Waals surface area contributed by atoms with Crippen molar-refractivity contribution < 1.29 is 9.84 Å². The Balaban J connectivity index is 1.81. The molecule has 0 aromatic carbocycles. The van der Waals surface area contributed by atoms with Crippen LogP contribution in [0.3, 0.4) is 0 Å². The van der Waals surface area contributed by atoms with E-state index in [1.54, 1.807) is 0 Å². The fraction of sp³-hybridized carbons (Fsp3) is 1.00. The van der Waals surface area contributed by atoms with Crippen LogP contribution in [0.5, 0.6) is 0 Å². The highest BCUT2D eigenvalue weighted by Crippen LogP contribution is 2.35. The Morgan fingerprint density at radius 3 is 2.38 bits per heavy atom. The van der Waals surface area contributed by atoms with E-state index in [-0.39, 0.29) is 0 Å². The van der Waals surface area contributed by atoms with Gasteiger partial charge in [0.1, 0.15) is 0 Å². The molecule has 94 valence electrons. The van der Waals surface area contributed by atoms with Crippen LogP contribution in [0.25, 0.3) is 0 Å². The lowest BCUT2D eigenvalue weighted by molar-refractivity contribution is -0.0442. The van der Waals surface area contributed by atoms with Crippen LogP contribution in [-0.4, -0.2) is 36.0 Å². The first-order chi connectivity index (χ1) is 7.69. The molecule has 0 bridgehead atoms. The smallest absolute Gasteiger partial charge is 0.0565 e. The largest absolute Gasteiger partial charge is 0.396 e. The van der Waals surface area contributed by atoms with Crippen LogP contribution in [0.15, 0.2) is 0 Å². The second-order valence-electron chi connectivity index (χ2n) is 5.55. The highest BCUT2D eigenvalue weighted by Gasteiger charge is 2.33. The van der Waals surface area contributed by atoms with Crippen LogP contribution in [0.4, 0.5) is 0 Å². The maximum Gasteiger partial charge on any atom is 0.0565 e. The number of hydrogen-bond donors (Lipinski definition) is 2. The van der Waals surface area contributed by atoms with Gasteiger partial charge in [0.25, 0.3) is 0 Å². The van der Waals surface area contributed by atoms with Crippen molar-refractivity contribution in [2.75, 3.05) is 6.61 Å². The molecule has 16 heavy (non-hydrogen) atoms. The average Bonchev–Trinajstić information content (AvgIpc) is 2.98. The van der Waals surface area contributed by atoms with Crippen LogP contribution >= 0.6 is 0 Å². The molecule has 1 saturated carbocycles. The summed E-state index contributed by atoms with van der Waals surface area (Å²) in [6, 6.07) is 1.11. The Hall–Kier alpha value is -0.120. The van der Waals surface area contributed by atoms with Gasteiger partial charge in [-0.1, -0.05) is 0 Å². The van der Waals surface area contributed by atoms with Crippen LogP contribution < -0.4 is 5.32 Å². The third-order valence-electron chi connectivity index (χ3n) is 3.78. The Kier molecular flexibility index (Phi) is 4.22. The molecule has 1 heterocycles. The zero-order chi connectivity index (χ0) is 11.5. The zero-order valence-corrected chi connectivity index (χ0v) is 10.5. The molecule has 2 N–H and O–H groups in total. The minimum Gasteiger partial charge on any atom is -0.396 e. The normalized spacial score (nSPS) is 37.3. The number of nitrogens with one attached hydrogen (secondary N) is 1. The van der Waals surface area contributed by atoms with Gasteiger partial charge in [-0.25, -0.2) is 0 Å². The van der Waals surface area contributed by atoms with Gasteiger partial charge in [0.15, 0.2) is 0 Å². The summed E-state index contributed by atoms with van der Waals surface area (Å²) in [5, 5.41) is 12.8. The summed E-state index contributed by atoms with van der Waals surface area (Å²) in [5.41, 5.74) is 0. The monoisotopic (exact) mass is 227 g/mol. The first-order valence-electron chi connectivity index (χ1n) is 6.71. The summed E-state index contributed by atoms with van der Waals surface area (Å²) < 4.78 is 5.74. The molecule has 2 rings (SSSR count). The van der Waals surface area contributed by atoms with E-state index < -0.39 is 0 Å². The van der Waals surface area contributed by atoms with E-state index in [1.807, 2.05) is 0 Å². The van der Waals surface area contributed by atoms with Crippen LogP contribution in [0.2, 0.25) is 0 Å². The lowest BCUT2D eigenvalue weighted by Gasteiger charge is -2.35. The number of hydrogen-bond acceptors (Lipinski definition) is 3. The fourth-order valence-electron chi connectivity index (χ4n) is 2.94. The fourth-order valence-corrected chi connectivity index (χ4v) is 2.94. The molecule has 3 atom stereocenters. The van der Waals surface area contributed by atoms with Gasteiger partial charge in [-0.05, 0) is 51.9 Å². The number of rotatable bonds is 5. The molecule has 0 radical (unpaired) electrons. The lowest BCUT2D eigenvalue weighted by Crippen LogP contribution is -2.46. The van der Waals surface area contributed by atoms with Crippen molar-refractivity contribution in [2.45, 2.75) is 70.2 Å². The highest BCUT2D eigenvalue weighted by atomic mass is 16.5. The van der Waals surface area contributed by atoms with Gasteiger partial charge < -0.3 is 15.2 Å². The number of aliphatic hydroxyl groups excluding tert-OH is 1. The minimum atomic E-state index is 0.308. The Morgan fingerprint density at radius 1 is 1.25 bits per heavy atom. The molecule has 0 spiro atoms. The van der Waals surface area contributed by atoms with Gasteiger partial charge in [-0.2, -0.15) is 0 Å². The van der Waals surface area contributed by atoms with E-state index in [2.05, 4.69) is 19.2 Å². The summed E-state index contributed by atoms with van der Waals surface area (Å²) in [6.07, 6.45) is 6.55. The van der Waals surface area contributed by atoms with Crippen molar-refractivity contribution in [2.24, 2.45) is 5.92 Å². The molecule has 0 aromatic heterocycles. The van der Waals surface area contributed by atoms with E-state index >= 15 is 0 Å². The molecular formula is C13H25NO2. The lowest BCUT2D eigenvalue weighted by atomic mass is 9.97. The summed E-state index contributed by atoms with van der Waals surface area (Å²) in [5.74, 6) is 0.820. The standard InChI is InChI=1S/C13H25NO2/c1-9-7-12(8-10(2)16-9)14-13(5-6-15)11-3-4-11/h9-15H,3-8H2,1-2H3. The summed E-state index contributed by atoms with van der Waals surface area (Å²) in [4.78, 5) is 0. The summed E-state index contributed by atoms with van der Waals surface area (Å²) in [6.45, 7) is 4.62. The van der Waals surface area contributed by atoms with Gasteiger partial charge in [-0.3, -0.25) is 0 Å². The van der Waals surface area contributed by atoms with Gasteiger partial charge in [-0.15, -0.1) is 0 Å². The number of ether oxygens (including phenoxy) is 1. The maximum atomic E-state index is 9.08. The third kappa shape index (κ3) is 3.44. The molecule has 2 aliphatic rings. The van der Waals surface area contributed by atoms with Gasteiger partial charge in [0.2, 0.25) is 0 Å². The van der Waals surface area contributed by atoms with Crippen molar-refractivity contribution in [1.82, 2.24) is 5.32 Å². The van der Waals surface area contributed by atoms with Crippen molar-refractivity contribution in [3.8, 4) is 0 Å². The quantitative estimate of drug-likeness (QED) is 0.751. The summed E-state index contributed by atoms with van der Waals surface area (Å²) in [7, 11) is 0. The van der Waals surface area contributed by atoms with Crippen molar-refractivity contribution in [3.05, 3.63) is 0 Å². The molecular weight excluding hydrogens is 202 g/mol. The van der Waals surface area contributed by atoms with Gasteiger partial charge >= 0.3 is 0 Å².